The number of amides is 1. The molecule has 0 radical (unpaired) electrons. The van der Waals surface area contributed by atoms with E-state index in [4.69, 9.17) is 9.47 Å². The minimum absolute atomic E-state index is 0.0142. The lowest BCUT2D eigenvalue weighted by molar-refractivity contribution is -0.384. The van der Waals surface area contributed by atoms with Crippen LogP contribution in [0.15, 0.2) is 18.2 Å². The number of carbonyl (C=O) groups is 2. The number of likely N-dealkylation sites (tertiary alicyclic amines) is 1. The number of hydrogen-bond donors (Lipinski definition) is 1. The Labute approximate surface area is 157 Å². The second kappa shape index (κ2) is 9.86. The number of non-ortho nitro benzene ring substituents is 1. The number of rotatable bonds is 8. The highest BCUT2D eigenvalue weighted by atomic mass is 16.6. The van der Waals surface area contributed by atoms with Gasteiger partial charge in [-0.3, -0.25) is 14.9 Å². The molecule has 9 nitrogen and oxygen atoms in total. The zero-order chi connectivity index (χ0) is 19.8. The summed E-state index contributed by atoms with van der Waals surface area (Å²) in [5.41, 5.74) is 0.179. The van der Waals surface area contributed by atoms with Gasteiger partial charge in [0.1, 0.15) is 0 Å². The molecule has 0 unspecified atom stereocenters. The van der Waals surface area contributed by atoms with Crippen LogP contribution in [0.25, 0.3) is 0 Å². The van der Waals surface area contributed by atoms with Gasteiger partial charge in [-0.1, -0.05) is 6.92 Å². The summed E-state index contributed by atoms with van der Waals surface area (Å²) >= 11 is 0. The Hall–Kier alpha value is -2.68. The Morgan fingerprint density at radius 3 is 2.67 bits per heavy atom. The molecule has 1 fully saturated rings. The Kier molecular flexibility index (Phi) is 7.54. The minimum Gasteiger partial charge on any atom is -0.452 e. The highest BCUT2D eigenvalue weighted by Gasteiger charge is 2.23. The number of piperidine rings is 1. The third kappa shape index (κ3) is 5.92. The van der Waals surface area contributed by atoms with E-state index in [1.807, 2.05) is 0 Å². The largest absolute Gasteiger partial charge is 0.452 e. The maximum absolute atomic E-state index is 12.4. The van der Waals surface area contributed by atoms with Crippen molar-refractivity contribution in [2.75, 3.05) is 45.3 Å². The number of carbonyl (C=O) groups excluding carboxylic acids is 2. The molecule has 1 aliphatic heterocycles. The van der Waals surface area contributed by atoms with E-state index in [9.17, 15) is 19.7 Å². The maximum atomic E-state index is 12.4. The number of nitro benzene ring substituents is 1. The van der Waals surface area contributed by atoms with E-state index in [2.05, 4.69) is 12.2 Å². The molecule has 0 aliphatic carbocycles. The van der Waals surface area contributed by atoms with E-state index >= 15 is 0 Å². The van der Waals surface area contributed by atoms with E-state index < -0.39 is 10.9 Å². The number of nitrogens with zero attached hydrogens (tertiary/aromatic N) is 2. The second-order valence-corrected chi connectivity index (χ2v) is 6.55. The van der Waals surface area contributed by atoms with Gasteiger partial charge in [0.15, 0.2) is 6.61 Å². The number of benzene rings is 1. The third-order valence-corrected chi connectivity index (χ3v) is 4.52. The van der Waals surface area contributed by atoms with Gasteiger partial charge in [0, 0.05) is 44.6 Å². The number of nitrogens with one attached hydrogen (secondary N) is 1. The highest BCUT2D eigenvalue weighted by molar-refractivity contribution is 5.97. The number of ether oxygens (including phenoxy) is 2. The van der Waals surface area contributed by atoms with Crippen molar-refractivity contribution in [1.82, 2.24) is 4.90 Å². The van der Waals surface area contributed by atoms with Crippen LogP contribution in [0.4, 0.5) is 11.4 Å². The Bertz CT molecular complexity index is 686. The molecule has 1 aromatic rings. The summed E-state index contributed by atoms with van der Waals surface area (Å²) in [4.78, 5) is 36.7. The van der Waals surface area contributed by atoms with Gasteiger partial charge in [-0.05, 0) is 24.8 Å². The van der Waals surface area contributed by atoms with Crippen LogP contribution < -0.4 is 5.32 Å². The van der Waals surface area contributed by atoms with Crippen molar-refractivity contribution in [3.8, 4) is 0 Å². The molecule has 27 heavy (non-hydrogen) atoms. The molecule has 0 bridgehead atoms. The van der Waals surface area contributed by atoms with Gasteiger partial charge in [0.05, 0.1) is 17.1 Å². The van der Waals surface area contributed by atoms with Gasteiger partial charge >= 0.3 is 5.97 Å². The zero-order valence-corrected chi connectivity index (χ0v) is 15.6. The van der Waals surface area contributed by atoms with Crippen molar-refractivity contribution in [1.29, 1.82) is 0 Å². The topological polar surface area (TPSA) is 111 Å². The van der Waals surface area contributed by atoms with Crippen LogP contribution in [0.1, 0.15) is 30.1 Å². The molecule has 1 N–H and O–H groups in total. The summed E-state index contributed by atoms with van der Waals surface area (Å²) in [6.07, 6.45) is 1.86. The Balaban J connectivity index is 2.03. The van der Waals surface area contributed by atoms with Gasteiger partial charge in [0.2, 0.25) is 0 Å². The summed E-state index contributed by atoms with van der Waals surface area (Å²) in [5.74, 6) is -0.450. The maximum Gasteiger partial charge on any atom is 0.341 e. The van der Waals surface area contributed by atoms with Crippen LogP contribution in [0.5, 0.6) is 0 Å². The monoisotopic (exact) mass is 379 g/mol. The predicted octanol–water partition coefficient (Wildman–Crippen LogP) is 2.07. The lowest BCUT2D eigenvalue weighted by Gasteiger charge is -2.30. The van der Waals surface area contributed by atoms with Crippen molar-refractivity contribution in [3.63, 3.8) is 0 Å². The SMILES string of the molecule is COCCNc1ccc([N+](=O)[O-])cc1C(=O)OCC(=O)N1CCC(C)CC1. The molecule has 0 spiro atoms. The molecule has 1 saturated heterocycles. The zero-order valence-electron chi connectivity index (χ0n) is 15.6. The molecule has 0 saturated carbocycles. The van der Waals surface area contributed by atoms with Gasteiger partial charge < -0.3 is 19.7 Å². The number of esters is 1. The molecular weight excluding hydrogens is 354 g/mol. The quantitative estimate of drug-likeness (QED) is 0.318. The van der Waals surface area contributed by atoms with Gasteiger partial charge in [-0.15, -0.1) is 0 Å². The lowest BCUT2D eigenvalue weighted by Crippen LogP contribution is -2.40. The second-order valence-electron chi connectivity index (χ2n) is 6.55. The van der Waals surface area contributed by atoms with E-state index in [1.54, 1.807) is 12.0 Å². The molecule has 0 atom stereocenters. The first kappa shape index (κ1) is 20.6. The molecule has 0 aromatic heterocycles. The van der Waals surface area contributed by atoms with Crippen molar-refractivity contribution >= 4 is 23.3 Å². The fourth-order valence-electron chi connectivity index (χ4n) is 2.81. The molecule has 2 rings (SSSR count). The summed E-state index contributed by atoms with van der Waals surface area (Å²) in [7, 11) is 1.54. The molecule has 1 aliphatic rings. The van der Waals surface area contributed by atoms with E-state index in [0.29, 0.717) is 37.8 Å². The predicted molar refractivity (Wildman–Crippen MR) is 98.7 cm³/mol. The summed E-state index contributed by atoms with van der Waals surface area (Å²) in [6, 6.07) is 3.88. The molecule has 1 aromatic carbocycles. The summed E-state index contributed by atoms with van der Waals surface area (Å²) in [6.45, 7) is 3.88. The van der Waals surface area contributed by atoms with Crippen LogP contribution in [0, 0.1) is 16.0 Å². The molecule has 1 heterocycles. The first-order valence-electron chi connectivity index (χ1n) is 8.88. The fraction of sp³-hybridized carbons (Fsp3) is 0.556. The van der Waals surface area contributed by atoms with E-state index in [1.165, 1.54) is 12.1 Å². The van der Waals surface area contributed by atoms with Crippen LogP contribution in [-0.2, 0) is 14.3 Å². The Morgan fingerprint density at radius 2 is 2.04 bits per heavy atom. The van der Waals surface area contributed by atoms with Gasteiger partial charge in [0.25, 0.3) is 11.6 Å². The van der Waals surface area contributed by atoms with Crippen LogP contribution in [0.2, 0.25) is 0 Å². The van der Waals surface area contributed by atoms with Gasteiger partial charge in [-0.25, -0.2) is 4.79 Å². The molecule has 9 heteroatoms. The standard InChI is InChI=1S/C18H25N3O6/c1-13-5-8-20(9-6-13)17(22)12-27-18(23)15-11-14(21(24)25)3-4-16(15)19-7-10-26-2/h3-4,11,13,19H,5-10,12H2,1-2H3. The third-order valence-electron chi connectivity index (χ3n) is 4.52. The summed E-state index contributed by atoms with van der Waals surface area (Å²) in [5, 5.41) is 14.0. The minimum atomic E-state index is -0.780. The molecule has 1 amide bonds. The lowest BCUT2D eigenvalue weighted by atomic mass is 9.99. The average Bonchev–Trinajstić information content (AvgIpc) is 2.66. The van der Waals surface area contributed by atoms with Crippen molar-refractivity contribution in [2.24, 2.45) is 5.92 Å². The number of nitro groups is 1. The normalized spacial score (nSPS) is 14.7. The average molecular weight is 379 g/mol. The highest BCUT2D eigenvalue weighted by Crippen LogP contribution is 2.23. The fourth-order valence-corrected chi connectivity index (χ4v) is 2.81. The molecule has 148 valence electrons. The molecular formula is C18H25N3O6. The first-order valence-corrected chi connectivity index (χ1v) is 8.88. The van der Waals surface area contributed by atoms with E-state index in [-0.39, 0.29) is 23.8 Å². The van der Waals surface area contributed by atoms with Gasteiger partial charge in [-0.2, -0.15) is 0 Å². The van der Waals surface area contributed by atoms with Crippen molar-refractivity contribution in [2.45, 2.75) is 19.8 Å². The number of methoxy groups -OCH3 is 1. The smallest absolute Gasteiger partial charge is 0.341 e. The van der Waals surface area contributed by atoms with E-state index in [0.717, 1.165) is 18.9 Å². The van der Waals surface area contributed by atoms with Crippen molar-refractivity contribution < 1.29 is 24.0 Å². The Morgan fingerprint density at radius 1 is 1.33 bits per heavy atom. The number of hydrogen-bond acceptors (Lipinski definition) is 7. The first-order chi connectivity index (χ1) is 12.9. The van der Waals surface area contributed by atoms with Crippen LogP contribution >= 0.6 is 0 Å². The van der Waals surface area contributed by atoms with Crippen molar-refractivity contribution in [3.05, 3.63) is 33.9 Å². The van der Waals surface area contributed by atoms with Crippen LogP contribution in [0.3, 0.4) is 0 Å². The van der Waals surface area contributed by atoms with Crippen LogP contribution in [-0.4, -0.2) is 61.7 Å². The summed E-state index contributed by atoms with van der Waals surface area (Å²) < 4.78 is 10.1. The number of anilines is 1.